The van der Waals surface area contributed by atoms with Crippen molar-refractivity contribution < 1.29 is 4.79 Å². The number of fused-ring (bicyclic) bond motifs is 2. The van der Waals surface area contributed by atoms with E-state index in [1.54, 1.807) is 10.6 Å². The van der Waals surface area contributed by atoms with Gasteiger partial charge in [-0.05, 0) is 47.9 Å². The number of para-hydroxylation sites is 2. The van der Waals surface area contributed by atoms with E-state index in [4.69, 9.17) is 0 Å². The molecular weight excluding hydrogens is 408 g/mol. The fourth-order valence-electron chi connectivity index (χ4n) is 3.47. The maximum Gasteiger partial charge on any atom is 0.266 e. The Bertz CT molecular complexity index is 1460. The molecule has 1 amide bonds. The van der Waals surface area contributed by atoms with Crippen molar-refractivity contribution in [1.29, 1.82) is 0 Å². The van der Waals surface area contributed by atoms with Crippen molar-refractivity contribution in [3.05, 3.63) is 95.4 Å². The van der Waals surface area contributed by atoms with Gasteiger partial charge in [-0.3, -0.25) is 14.2 Å². The van der Waals surface area contributed by atoms with E-state index in [2.05, 4.69) is 15.3 Å². The highest BCUT2D eigenvalue weighted by Crippen LogP contribution is 2.22. The Hall–Kier alpha value is -3.84. The molecule has 0 atom stereocenters. The number of H-pyrrole nitrogens is 1. The molecule has 6 nitrogen and oxygen atoms in total. The molecule has 5 aromatic rings. The molecule has 2 aromatic heterocycles. The molecule has 152 valence electrons. The van der Waals surface area contributed by atoms with Crippen molar-refractivity contribution in [2.45, 2.75) is 5.16 Å². The largest absolute Gasteiger partial charge is 0.361 e. The third-order valence-electron chi connectivity index (χ3n) is 4.93. The summed E-state index contributed by atoms with van der Waals surface area (Å²) in [5.41, 5.74) is 2.84. The number of amides is 1. The Kier molecular flexibility index (Phi) is 5.01. The van der Waals surface area contributed by atoms with Gasteiger partial charge in [0.15, 0.2) is 5.16 Å². The van der Waals surface area contributed by atoms with Gasteiger partial charge < -0.3 is 10.3 Å². The molecule has 0 radical (unpaired) electrons. The van der Waals surface area contributed by atoms with Crippen molar-refractivity contribution >= 4 is 45.2 Å². The maximum atomic E-state index is 13.2. The fraction of sp³-hybridized carbons (Fsp3) is 0.0417. The van der Waals surface area contributed by atoms with E-state index < -0.39 is 0 Å². The Morgan fingerprint density at radius 2 is 1.81 bits per heavy atom. The minimum absolute atomic E-state index is 0.125. The van der Waals surface area contributed by atoms with E-state index in [-0.39, 0.29) is 17.2 Å². The molecule has 5 rings (SSSR count). The first-order valence-corrected chi connectivity index (χ1v) is 10.7. The summed E-state index contributed by atoms with van der Waals surface area (Å²) in [5, 5.41) is 5.01. The highest BCUT2D eigenvalue weighted by atomic mass is 32.2. The van der Waals surface area contributed by atoms with Crippen LogP contribution >= 0.6 is 11.8 Å². The number of nitrogens with one attached hydrogen (secondary N) is 2. The van der Waals surface area contributed by atoms with Gasteiger partial charge in [0, 0.05) is 17.4 Å². The lowest BCUT2D eigenvalue weighted by Gasteiger charge is -2.13. The first-order valence-electron chi connectivity index (χ1n) is 9.76. The Morgan fingerprint density at radius 3 is 2.68 bits per heavy atom. The predicted molar refractivity (Wildman–Crippen MR) is 125 cm³/mol. The van der Waals surface area contributed by atoms with E-state index in [9.17, 15) is 9.59 Å². The molecule has 0 bridgehead atoms. The number of rotatable bonds is 5. The summed E-state index contributed by atoms with van der Waals surface area (Å²) in [6, 6.07) is 24.3. The summed E-state index contributed by atoms with van der Waals surface area (Å²) >= 11 is 1.24. The molecule has 0 aliphatic heterocycles. The molecular formula is C24H18N4O2S. The highest BCUT2D eigenvalue weighted by molar-refractivity contribution is 7.99. The second kappa shape index (κ2) is 8.12. The Labute approximate surface area is 181 Å². The zero-order valence-electron chi connectivity index (χ0n) is 16.4. The summed E-state index contributed by atoms with van der Waals surface area (Å²) < 4.78 is 1.56. The normalized spacial score (nSPS) is 11.1. The van der Waals surface area contributed by atoms with Crippen molar-refractivity contribution in [2.75, 3.05) is 11.1 Å². The van der Waals surface area contributed by atoms with Crippen LogP contribution in [-0.4, -0.2) is 26.2 Å². The molecule has 31 heavy (non-hydrogen) atoms. The molecule has 0 fully saturated rings. The van der Waals surface area contributed by atoms with Crippen LogP contribution in [0.5, 0.6) is 0 Å². The molecule has 0 aliphatic rings. The van der Waals surface area contributed by atoms with Crippen molar-refractivity contribution in [1.82, 2.24) is 14.5 Å². The third-order valence-corrected chi connectivity index (χ3v) is 5.87. The van der Waals surface area contributed by atoms with Gasteiger partial charge in [-0.25, -0.2) is 4.98 Å². The van der Waals surface area contributed by atoms with Gasteiger partial charge >= 0.3 is 0 Å². The number of thioether (sulfide) groups is 1. The van der Waals surface area contributed by atoms with Crippen LogP contribution in [0.3, 0.4) is 0 Å². The fourth-order valence-corrected chi connectivity index (χ4v) is 4.28. The van der Waals surface area contributed by atoms with Gasteiger partial charge in [0.05, 0.1) is 22.3 Å². The predicted octanol–water partition coefficient (Wildman–Crippen LogP) is 4.60. The van der Waals surface area contributed by atoms with Crippen LogP contribution in [0.15, 0.2) is 95.0 Å². The lowest BCUT2D eigenvalue weighted by molar-refractivity contribution is -0.113. The minimum Gasteiger partial charge on any atom is -0.361 e. The van der Waals surface area contributed by atoms with Crippen LogP contribution in [0.2, 0.25) is 0 Å². The van der Waals surface area contributed by atoms with Crippen LogP contribution in [0.1, 0.15) is 0 Å². The van der Waals surface area contributed by atoms with Crippen molar-refractivity contribution in [3.63, 3.8) is 0 Å². The number of carbonyl (C=O) groups is 1. The Morgan fingerprint density at radius 1 is 1.00 bits per heavy atom. The summed E-state index contributed by atoms with van der Waals surface area (Å²) in [4.78, 5) is 33.6. The zero-order valence-corrected chi connectivity index (χ0v) is 17.2. The molecule has 0 saturated heterocycles. The molecule has 2 N–H and O–H groups in total. The topological polar surface area (TPSA) is 79.8 Å². The van der Waals surface area contributed by atoms with Gasteiger partial charge in [-0.15, -0.1) is 0 Å². The number of nitrogens with zero attached hydrogens (tertiary/aromatic N) is 2. The summed E-state index contributed by atoms with van der Waals surface area (Å²) in [5.74, 6) is -0.0432. The first kappa shape index (κ1) is 19.1. The van der Waals surface area contributed by atoms with Gasteiger partial charge in [0.1, 0.15) is 0 Å². The van der Waals surface area contributed by atoms with Crippen LogP contribution in [-0.2, 0) is 4.79 Å². The number of hydrogen-bond acceptors (Lipinski definition) is 4. The minimum atomic E-state index is -0.169. The van der Waals surface area contributed by atoms with E-state index in [1.165, 1.54) is 11.8 Å². The van der Waals surface area contributed by atoms with E-state index >= 15 is 0 Å². The average Bonchev–Trinajstić information content (AvgIpc) is 3.26. The van der Waals surface area contributed by atoms with Crippen LogP contribution in [0, 0.1) is 0 Å². The van der Waals surface area contributed by atoms with Crippen molar-refractivity contribution in [3.8, 4) is 5.69 Å². The second-order valence-electron chi connectivity index (χ2n) is 7.00. The van der Waals surface area contributed by atoms with Gasteiger partial charge in [0.25, 0.3) is 5.56 Å². The number of anilines is 1. The van der Waals surface area contributed by atoms with Crippen molar-refractivity contribution in [2.24, 2.45) is 0 Å². The summed E-state index contributed by atoms with van der Waals surface area (Å²) in [7, 11) is 0. The van der Waals surface area contributed by atoms with Crippen LogP contribution < -0.4 is 10.9 Å². The second-order valence-corrected chi connectivity index (χ2v) is 7.95. The van der Waals surface area contributed by atoms with E-state index in [1.807, 2.05) is 79.0 Å². The van der Waals surface area contributed by atoms with E-state index in [0.29, 0.717) is 27.4 Å². The van der Waals surface area contributed by atoms with Crippen LogP contribution in [0.25, 0.3) is 27.5 Å². The van der Waals surface area contributed by atoms with Gasteiger partial charge in [-0.2, -0.15) is 0 Å². The molecule has 3 aromatic carbocycles. The number of benzene rings is 3. The number of aromatic amines is 1. The summed E-state index contributed by atoms with van der Waals surface area (Å²) in [6.45, 7) is 0. The third kappa shape index (κ3) is 3.83. The zero-order chi connectivity index (χ0) is 21.2. The molecule has 7 heteroatoms. The smallest absolute Gasteiger partial charge is 0.266 e. The molecule has 0 spiro atoms. The molecule has 2 heterocycles. The molecule has 0 aliphatic carbocycles. The lowest BCUT2D eigenvalue weighted by atomic mass is 10.2. The van der Waals surface area contributed by atoms with Gasteiger partial charge in [-0.1, -0.05) is 48.2 Å². The first-order chi connectivity index (χ1) is 15.2. The quantitative estimate of drug-likeness (QED) is 0.318. The Balaban J connectivity index is 1.44. The highest BCUT2D eigenvalue weighted by Gasteiger charge is 2.15. The average molecular weight is 427 g/mol. The number of aromatic nitrogens is 3. The van der Waals surface area contributed by atoms with Gasteiger partial charge in [0.2, 0.25) is 5.91 Å². The monoisotopic (exact) mass is 426 g/mol. The number of carbonyl (C=O) groups excluding carboxylic acids is 1. The molecule has 0 unspecified atom stereocenters. The van der Waals surface area contributed by atoms with E-state index in [0.717, 1.165) is 10.9 Å². The number of hydrogen-bond donors (Lipinski definition) is 2. The SMILES string of the molecule is O=C(CSc1nc2ccccc2c(=O)n1-c1ccccc1)Nc1ccc2cc[nH]c2c1. The maximum absolute atomic E-state index is 13.2. The standard InChI is InChI=1S/C24H18N4O2S/c29-22(26-17-11-10-16-12-13-25-21(16)14-17)15-31-24-27-20-9-5-4-8-19(20)23(30)28(24)18-6-2-1-3-7-18/h1-14,25H,15H2,(H,26,29). The lowest BCUT2D eigenvalue weighted by Crippen LogP contribution is -2.22. The summed E-state index contributed by atoms with van der Waals surface area (Å²) in [6.07, 6.45) is 1.86. The van der Waals surface area contributed by atoms with Crippen LogP contribution in [0.4, 0.5) is 5.69 Å². The molecule has 0 saturated carbocycles.